The Bertz CT molecular complexity index is 811. The van der Waals surface area contributed by atoms with Crippen LogP contribution in [0, 0.1) is 0 Å². The average molecular weight is 374 g/mol. The third-order valence-corrected chi connectivity index (χ3v) is 5.73. The minimum absolute atomic E-state index is 0.553. The Morgan fingerprint density at radius 2 is 1.96 bits per heavy atom. The molecule has 1 aliphatic carbocycles. The Morgan fingerprint density at radius 3 is 2.64 bits per heavy atom. The first kappa shape index (κ1) is 16.5. The van der Waals surface area contributed by atoms with Gasteiger partial charge in [-0.1, -0.05) is 17.8 Å². The highest BCUT2D eigenvalue weighted by Gasteiger charge is 2.30. The molecule has 7 heteroatoms. The molecule has 1 aliphatic rings. The molecule has 2 aromatic heterocycles. The van der Waals surface area contributed by atoms with E-state index in [2.05, 4.69) is 32.3 Å². The van der Waals surface area contributed by atoms with Crippen LogP contribution in [0.25, 0.3) is 10.7 Å². The van der Waals surface area contributed by atoms with Crippen molar-refractivity contribution in [3.05, 3.63) is 41.8 Å². The van der Waals surface area contributed by atoms with Gasteiger partial charge in [-0.25, -0.2) is 0 Å². The second-order valence-corrected chi connectivity index (χ2v) is 7.77. The maximum Gasteiger partial charge on any atom is 0.191 e. The summed E-state index contributed by atoms with van der Waals surface area (Å²) in [5, 5.41) is 11.9. The second-order valence-electron chi connectivity index (χ2n) is 5.76. The molecule has 0 amide bonds. The molecule has 25 heavy (non-hydrogen) atoms. The van der Waals surface area contributed by atoms with E-state index in [1.807, 2.05) is 24.3 Å². The zero-order valence-corrected chi connectivity index (χ0v) is 15.6. The van der Waals surface area contributed by atoms with Gasteiger partial charge in [-0.15, -0.1) is 21.5 Å². The number of benzene rings is 1. The molecular formula is C18H19N3O2S2. The van der Waals surface area contributed by atoms with Gasteiger partial charge in [-0.2, -0.15) is 0 Å². The third kappa shape index (κ3) is 3.82. The van der Waals surface area contributed by atoms with Crippen molar-refractivity contribution < 1.29 is 9.47 Å². The van der Waals surface area contributed by atoms with E-state index in [9.17, 15) is 0 Å². The smallest absolute Gasteiger partial charge is 0.191 e. The third-order valence-electron chi connectivity index (χ3n) is 3.96. The van der Waals surface area contributed by atoms with Gasteiger partial charge >= 0.3 is 0 Å². The number of methoxy groups -OCH3 is 1. The molecule has 0 bridgehead atoms. The number of aromatic nitrogens is 3. The van der Waals surface area contributed by atoms with Crippen LogP contribution >= 0.6 is 23.1 Å². The molecule has 4 rings (SSSR count). The van der Waals surface area contributed by atoms with Gasteiger partial charge in [0.2, 0.25) is 0 Å². The molecule has 3 aromatic rings. The Balaban J connectivity index is 1.36. The summed E-state index contributed by atoms with van der Waals surface area (Å²) in [6, 6.07) is 12.4. The molecule has 1 aromatic carbocycles. The number of rotatable bonds is 8. The molecule has 2 heterocycles. The van der Waals surface area contributed by atoms with Crippen LogP contribution in [0.1, 0.15) is 18.9 Å². The normalized spacial score (nSPS) is 13.8. The van der Waals surface area contributed by atoms with Gasteiger partial charge in [-0.3, -0.25) is 4.57 Å². The van der Waals surface area contributed by atoms with Crippen molar-refractivity contribution in [3.8, 4) is 22.2 Å². The summed E-state index contributed by atoms with van der Waals surface area (Å²) >= 11 is 3.41. The van der Waals surface area contributed by atoms with Crippen LogP contribution in [0.5, 0.6) is 11.5 Å². The van der Waals surface area contributed by atoms with Gasteiger partial charge in [0.05, 0.1) is 18.6 Å². The minimum Gasteiger partial charge on any atom is -0.497 e. The lowest BCUT2D eigenvalue weighted by atomic mass is 10.3. The van der Waals surface area contributed by atoms with E-state index in [1.165, 1.54) is 17.7 Å². The van der Waals surface area contributed by atoms with Crippen molar-refractivity contribution in [1.82, 2.24) is 14.8 Å². The fourth-order valence-electron chi connectivity index (χ4n) is 2.58. The van der Waals surface area contributed by atoms with E-state index < -0.39 is 0 Å². The highest BCUT2D eigenvalue weighted by Crippen LogP contribution is 2.41. The van der Waals surface area contributed by atoms with E-state index in [0.717, 1.165) is 28.2 Å². The number of thiophene rings is 1. The van der Waals surface area contributed by atoms with E-state index in [4.69, 9.17) is 9.47 Å². The summed E-state index contributed by atoms with van der Waals surface area (Å²) in [5.74, 6) is 3.52. The molecule has 5 nitrogen and oxygen atoms in total. The first-order chi connectivity index (χ1) is 12.3. The van der Waals surface area contributed by atoms with Crippen LogP contribution in [0.3, 0.4) is 0 Å². The molecule has 1 saturated carbocycles. The summed E-state index contributed by atoms with van der Waals surface area (Å²) in [4.78, 5) is 1.18. The van der Waals surface area contributed by atoms with E-state index in [0.29, 0.717) is 12.6 Å². The fraction of sp³-hybridized carbons (Fsp3) is 0.333. The van der Waals surface area contributed by atoms with Crippen LogP contribution in [0.4, 0.5) is 0 Å². The number of hydrogen-bond donors (Lipinski definition) is 0. The largest absolute Gasteiger partial charge is 0.497 e. The molecule has 1 fully saturated rings. The van der Waals surface area contributed by atoms with Crippen molar-refractivity contribution in [2.45, 2.75) is 24.0 Å². The van der Waals surface area contributed by atoms with Crippen molar-refractivity contribution in [2.75, 3.05) is 19.5 Å². The first-order valence-electron chi connectivity index (χ1n) is 8.23. The van der Waals surface area contributed by atoms with E-state index >= 15 is 0 Å². The summed E-state index contributed by atoms with van der Waals surface area (Å²) in [5.41, 5.74) is 0. The molecule has 0 unspecified atom stereocenters. The Morgan fingerprint density at radius 1 is 1.16 bits per heavy atom. The quantitative estimate of drug-likeness (QED) is 0.429. The highest BCUT2D eigenvalue weighted by molar-refractivity contribution is 7.99. The van der Waals surface area contributed by atoms with Gasteiger partial charge in [0.1, 0.15) is 11.5 Å². The van der Waals surface area contributed by atoms with Crippen LogP contribution in [-0.4, -0.2) is 34.2 Å². The molecule has 0 N–H and O–H groups in total. The molecule has 0 aliphatic heterocycles. The second kappa shape index (κ2) is 7.49. The predicted octanol–water partition coefficient (Wildman–Crippen LogP) is 4.52. The van der Waals surface area contributed by atoms with Crippen LogP contribution in [0.15, 0.2) is 46.9 Å². The highest BCUT2D eigenvalue weighted by atomic mass is 32.2. The SMILES string of the molecule is COc1ccc(OCCSc2nnc(-c3cccs3)n2C2CC2)cc1. The molecule has 0 saturated heterocycles. The van der Waals surface area contributed by atoms with E-state index in [1.54, 1.807) is 30.2 Å². The molecule has 130 valence electrons. The fourth-order valence-corrected chi connectivity index (χ4v) is 4.10. The standard InChI is InChI=1S/C18H19N3O2S2/c1-22-14-6-8-15(9-7-14)23-10-12-25-18-20-19-17(16-3-2-11-24-16)21(18)13-4-5-13/h2-3,6-9,11,13H,4-5,10,12H2,1H3. The maximum atomic E-state index is 5.79. The number of hydrogen-bond acceptors (Lipinski definition) is 6. The maximum absolute atomic E-state index is 5.79. The first-order valence-corrected chi connectivity index (χ1v) is 10.1. The average Bonchev–Trinajstić information content (AvgIpc) is 3.17. The summed E-state index contributed by atoms with van der Waals surface area (Å²) < 4.78 is 13.2. The van der Waals surface area contributed by atoms with Crippen LogP contribution in [-0.2, 0) is 0 Å². The van der Waals surface area contributed by atoms with E-state index in [-0.39, 0.29) is 0 Å². The Labute approximate surface area is 155 Å². The topological polar surface area (TPSA) is 49.2 Å². The lowest BCUT2D eigenvalue weighted by Crippen LogP contribution is -2.03. The number of ether oxygens (including phenoxy) is 2. The predicted molar refractivity (Wildman–Crippen MR) is 101 cm³/mol. The van der Waals surface area contributed by atoms with Crippen molar-refractivity contribution in [1.29, 1.82) is 0 Å². The molecule has 0 spiro atoms. The van der Waals surface area contributed by atoms with Crippen molar-refractivity contribution in [3.63, 3.8) is 0 Å². The Kier molecular flexibility index (Phi) is 4.94. The number of thioether (sulfide) groups is 1. The van der Waals surface area contributed by atoms with Gasteiger partial charge in [0, 0.05) is 11.8 Å². The monoisotopic (exact) mass is 373 g/mol. The van der Waals surface area contributed by atoms with Gasteiger partial charge in [0.15, 0.2) is 11.0 Å². The minimum atomic E-state index is 0.553. The Hall–Kier alpha value is -1.99. The summed E-state index contributed by atoms with van der Waals surface area (Å²) in [7, 11) is 1.66. The lowest BCUT2D eigenvalue weighted by Gasteiger charge is -2.09. The van der Waals surface area contributed by atoms with Crippen molar-refractivity contribution in [2.24, 2.45) is 0 Å². The van der Waals surface area contributed by atoms with Crippen LogP contribution < -0.4 is 9.47 Å². The van der Waals surface area contributed by atoms with Crippen molar-refractivity contribution >= 4 is 23.1 Å². The van der Waals surface area contributed by atoms with Crippen LogP contribution in [0.2, 0.25) is 0 Å². The molecule has 0 atom stereocenters. The zero-order chi connectivity index (χ0) is 17.1. The lowest BCUT2D eigenvalue weighted by molar-refractivity contribution is 0.342. The van der Waals surface area contributed by atoms with Gasteiger partial charge in [0.25, 0.3) is 0 Å². The zero-order valence-electron chi connectivity index (χ0n) is 13.9. The number of nitrogens with zero attached hydrogens (tertiary/aromatic N) is 3. The van der Waals surface area contributed by atoms with Gasteiger partial charge < -0.3 is 9.47 Å². The summed E-state index contributed by atoms with van der Waals surface area (Å²) in [6.45, 7) is 0.628. The molecular weight excluding hydrogens is 354 g/mol. The molecule has 0 radical (unpaired) electrons. The summed E-state index contributed by atoms with van der Waals surface area (Å²) in [6.07, 6.45) is 2.43. The van der Waals surface area contributed by atoms with Gasteiger partial charge in [-0.05, 0) is 48.6 Å².